The van der Waals surface area contributed by atoms with E-state index in [2.05, 4.69) is 44.8 Å². The molecule has 0 bridgehead atoms. The first-order chi connectivity index (χ1) is 28.3. The summed E-state index contributed by atoms with van der Waals surface area (Å²) in [6.45, 7) is 4.75. The third-order valence-corrected chi connectivity index (χ3v) is 11.5. The number of esters is 1. The van der Waals surface area contributed by atoms with Crippen molar-refractivity contribution in [2.75, 3.05) is 39.4 Å². The van der Waals surface area contributed by atoms with Crippen molar-refractivity contribution in [3.05, 3.63) is 141 Å². The third-order valence-electron chi connectivity index (χ3n) is 11.5. The smallest absolute Gasteiger partial charge is 0.336 e. The fourth-order valence-corrected chi connectivity index (χ4v) is 8.26. The molecule has 2 unspecified atom stereocenters. The van der Waals surface area contributed by atoms with Crippen LogP contribution in [0.3, 0.4) is 0 Å². The number of carbonyl (C=O) groups excluding carboxylic acids is 2. The Hall–Kier alpha value is -5.49. The summed E-state index contributed by atoms with van der Waals surface area (Å²) in [7, 11) is 0. The lowest BCUT2D eigenvalue weighted by atomic mass is 9.90. The molecule has 2 aliphatic rings. The molecular formula is C47H54N4O7. The van der Waals surface area contributed by atoms with E-state index >= 15 is 0 Å². The summed E-state index contributed by atoms with van der Waals surface area (Å²) in [6, 6.07) is 31.5. The summed E-state index contributed by atoms with van der Waals surface area (Å²) in [5, 5.41) is 27.9. The molecule has 304 valence electrons. The molecule has 11 heteroatoms. The first-order valence-corrected chi connectivity index (χ1v) is 20.6. The zero-order valence-corrected chi connectivity index (χ0v) is 33.0. The maximum absolute atomic E-state index is 14.0. The number of aromatic hydroxyl groups is 1. The van der Waals surface area contributed by atoms with E-state index in [1.807, 2.05) is 36.4 Å². The first kappa shape index (κ1) is 40.7. The number of phenolic OH excluding ortho intramolecular Hbond substituents is 1. The number of aliphatic hydroxyl groups excluding tert-OH is 1. The van der Waals surface area contributed by atoms with E-state index in [4.69, 9.17) is 9.47 Å². The second-order valence-electron chi connectivity index (χ2n) is 15.6. The number of benzene rings is 4. The zero-order chi connectivity index (χ0) is 40.3. The number of aromatic nitrogens is 1. The van der Waals surface area contributed by atoms with Gasteiger partial charge in [0.2, 0.25) is 5.56 Å². The quantitative estimate of drug-likeness (QED) is 0.0494. The molecule has 1 amide bonds. The molecule has 1 aromatic heterocycles. The minimum Gasteiger partial charge on any atom is -0.506 e. The summed E-state index contributed by atoms with van der Waals surface area (Å²) in [5.74, 6) is 0.0877. The number of hydrogen-bond acceptors (Lipinski definition) is 9. The van der Waals surface area contributed by atoms with Crippen LogP contribution in [0.2, 0.25) is 0 Å². The number of hydrogen-bond donors (Lipinski definition) is 5. The van der Waals surface area contributed by atoms with Gasteiger partial charge in [-0.3, -0.25) is 14.5 Å². The molecule has 0 spiro atoms. The van der Waals surface area contributed by atoms with Crippen molar-refractivity contribution in [2.45, 2.75) is 69.6 Å². The highest BCUT2D eigenvalue weighted by Crippen LogP contribution is 2.39. The average molecular weight is 787 g/mol. The summed E-state index contributed by atoms with van der Waals surface area (Å²) in [6.07, 6.45) is 5.93. The molecule has 0 saturated carbocycles. The predicted octanol–water partition coefficient (Wildman–Crippen LogP) is 6.52. The van der Waals surface area contributed by atoms with Crippen LogP contribution in [0.4, 0.5) is 0 Å². The molecule has 11 nitrogen and oxygen atoms in total. The van der Waals surface area contributed by atoms with Crippen LogP contribution >= 0.6 is 0 Å². The number of aryl methyl sites for hydroxylation is 1. The number of unbranched alkanes of at least 4 members (excludes halogenated alkanes) is 3. The van der Waals surface area contributed by atoms with Crippen LogP contribution in [-0.2, 0) is 28.0 Å². The number of nitrogens with zero attached hydrogens (tertiary/aromatic N) is 1. The number of likely N-dealkylation sites (tertiary alicyclic amines) is 1. The number of phenols is 1. The first-order valence-electron chi connectivity index (χ1n) is 20.6. The maximum Gasteiger partial charge on any atom is 0.336 e. The van der Waals surface area contributed by atoms with E-state index in [0.29, 0.717) is 60.4 Å². The number of H-pyrrole nitrogens is 1. The molecule has 1 saturated heterocycles. The number of rotatable bonds is 18. The van der Waals surface area contributed by atoms with Gasteiger partial charge in [0.15, 0.2) is 5.54 Å². The fraction of sp³-hybridized carbons (Fsp3) is 0.383. The average Bonchev–Trinajstić information content (AvgIpc) is 3.62. The van der Waals surface area contributed by atoms with Crippen molar-refractivity contribution < 1.29 is 29.3 Å². The van der Waals surface area contributed by atoms with Gasteiger partial charge < -0.3 is 35.3 Å². The molecule has 1 aliphatic carbocycles. The van der Waals surface area contributed by atoms with E-state index in [0.717, 1.165) is 75.8 Å². The van der Waals surface area contributed by atoms with E-state index in [1.54, 1.807) is 30.3 Å². The molecule has 7 rings (SSSR count). The predicted molar refractivity (Wildman–Crippen MR) is 224 cm³/mol. The van der Waals surface area contributed by atoms with Crippen LogP contribution < -0.4 is 20.9 Å². The van der Waals surface area contributed by atoms with E-state index in [1.165, 1.54) is 17.7 Å². The Labute approximate surface area is 339 Å². The second-order valence-corrected chi connectivity index (χ2v) is 15.6. The van der Waals surface area contributed by atoms with E-state index < -0.39 is 17.6 Å². The van der Waals surface area contributed by atoms with E-state index in [9.17, 15) is 24.6 Å². The number of pyridine rings is 1. The Morgan fingerprint density at radius 2 is 1.69 bits per heavy atom. The van der Waals surface area contributed by atoms with Gasteiger partial charge in [-0.05, 0) is 117 Å². The lowest BCUT2D eigenvalue weighted by Gasteiger charge is -2.33. The highest BCUT2D eigenvalue weighted by molar-refractivity contribution is 5.99. The van der Waals surface area contributed by atoms with Gasteiger partial charge in [0.25, 0.3) is 5.91 Å². The highest BCUT2D eigenvalue weighted by atomic mass is 16.5. The largest absolute Gasteiger partial charge is 0.506 e. The van der Waals surface area contributed by atoms with Crippen LogP contribution in [-0.4, -0.2) is 71.4 Å². The number of nitrogens with one attached hydrogen (secondary N) is 3. The van der Waals surface area contributed by atoms with Crippen molar-refractivity contribution in [1.82, 2.24) is 20.5 Å². The summed E-state index contributed by atoms with van der Waals surface area (Å²) < 4.78 is 12.1. The lowest BCUT2D eigenvalue weighted by molar-refractivity contribution is -0.153. The summed E-state index contributed by atoms with van der Waals surface area (Å²) in [5.41, 5.74) is 2.95. The molecule has 4 aromatic carbocycles. The summed E-state index contributed by atoms with van der Waals surface area (Å²) >= 11 is 0. The third kappa shape index (κ3) is 9.96. The molecule has 1 fully saturated rings. The van der Waals surface area contributed by atoms with Crippen LogP contribution in [0.15, 0.2) is 108 Å². The number of aromatic amines is 1. The normalized spacial score (nSPS) is 17.5. The van der Waals surface area contributed by atoms with Crippen molar-refractivity contribution in [3.63, 3.8) is 0 Å². The van der Waals surface area contributed by atoms with Gasteiger partial charge in [-0.25, -0.2) is 4.79 Å². The van der Waals surface area contributed by atoms with E-state index in [-0.39, 0.29) is 23.1 Å². The Kier molecular flexibility index (Phi) is 13.5. The monoisotopic (exact) mass is 786 g/mol. The topological polar surface area (TPSA) is 153 Å². The SMILES string of the molecule is O=C(NC1(C(=O)OCC2CCN(Cc3ccccc3)CC2)CCc2ccccc21)c1cccc(OCCCCCCNCC(O)c2ccc(O)c3[nH]c(=O)ccc23)c1. The van der Waals surface area contributed by atoms with Gasteiger partial charge >= 0.3 is 5.97 Å². The second kappa shape index (κ2) is 19.3. The molecule has 1 aliphatic heterocycles. The van der Waals surface area contributed by atoms with Crippen molar-refractivity contribution in [2.24, 2.45) is 5.92 Å². The number of piperidine rings is 1. The Balaban J connectivity index is 0.846. The van der Waals surface area contributed by atoms with Gasteiger partial charge in [-0.2, -0.15) is 0 Å². The van der Waals surface area contributed by atoms with Gasteiger partial charge in [-0.15, -0.1) is 0 Å². The van der Waals surface area contributed by atoms with Crippen molar-refractivity contribution in [1.29, 1.82) is 0 Å². The number of fused-ring (bicyclic) bond motifs is 2. The molecule has 58 heavy (non-hydrogen) atoms. The number of aliphatic hydroxyl groups is 1. The maximum atomic E-state index is 14.0. The van der Waals surface area contributed by atoms with Crippen LogP contribution in [0.25, 0.3) is 10.9 Å². The van der Waals surface area contributed by atoms with Crippen LogP contribution in [0, 0.1) is 5.92 Å². The van der Waals surface area contributed by atoms with Gasteiger partial charge in [0.05, 0.1) is 24.8 Å². The fourth-order valence-electron chi connectivity index (χ4n) is 8.26. The molecular weight excluding hydrogens is 733 g/mol. The zero-order valence-electron chi connectivity index (χ0n) is 33.0. The Morgan fingerprint density at radius 3 is 2.53 bits per heavy atom. The standard InChI is InChI=1S/C47H54N4O7/c52-41-19-17-38(39-18-20-43(54)49-44(39)41)42(53)30-48-25-8-1-2-9-28-57-37-15-10-14-36(29-37)45(55)50-47(24-21-35-13-6-7-16-40(35)47)46(56)58-32-34-22-26-51(27-23-34)31-33-11-4-3-5-12-33/h3-7,10-20,29,34,42,48,52-53H,1-2,8-9,21-28,30-32H2,(H,49,54)(H,50,55). The van der Waals surface area contributed by atoms with Gasteiger partial charge in [0, 0.05) is 30.1 Å². The molecule has 5 aromatic rings. The van der Waals surface area contributed by atoms with Crippen molar-refractivity contribution >= 4 is 22.8 Å². The Morgan fingerprint density at radius 1 is 0.897 bits per heavy atom. The minimum absolute atomic E-state index is 0.0336. The number of carbonyl (C=O) groups is 2. The van der Waals surface area contributed by atoms with Crippen LogP contribution in [0.1, 0.15) is 83.7 Å². The lowest BCUT2D eigenvalue weighted by Crippen LogP contribution is -2.51. The number of amides is 1. The molecule has 0 radical (unpaired) electrons. The minimum atomic E-state index is -1.26. The van der Waals surface area contributed by atoms with Crippen molar-refractivity contribution in [3.8, 4) is 11.5 Å². The molecule has 2 atom stereocenters. The number of ether oxygens (including phenoxy) is 2. The van der Waals surface area contributed by atoms with Gasteiger partial charge in [0.1, 0.15) is 11.5 Å². The van der Waals surface area contributed by atoms with Crippen LogP contribution in [0.5, 0.6) is 11.5 Å². The van der Waals surface area contributed by atoms with Gasteiger partial charge in [-0.1, -0.05) is 79.6 Å². The molecule has 2 heterocycles. The summed E-state index contributed by atoms with van der Waals surface area (Å²) in [4.78, 5) is 44.7. The highest BCUT2D eigenvalue weighted by Gasteiger charge is 2.48. The Bertz CT molecular complexity index is 2220. The molecule has 5 N–H and O–H groups in total.